The summed E-state index contributed by atoms with van der Waals surface area (Å²) < 4.78 is 7.91. The summed E-state index contributed by atoms with van der Waals surface area (Å²) in [6.07, 6.45) is 1.47. The molecule has 2 aromatic rings. The Morgan fingerprint density at radius 3 is 2.73 bits per heavy atom. The van der Waals surface area contributed by atoms with Crippen molar-refractivity contribution in [1.29, 1.82) is 0 Å². The maximum atomic E-state index is 12.5. The lowest BCUT2D eigenvalue weighted by Crippen LogP contribution is -2.76. The van der Waals surface area contributed by atoms with Crippen molar-refractivity contribution in [1.82, 2.24) is 19.5 Å². The maximum Gasteiger partial charge on any atom is 0.350 e. The molecule has 2 unspecified atom stereocenters. The number of carboxylic acids is 1. The van der Waals surface area contributed by atoms with Crippen LogP contribution in [-0.2, 0) is 20.9 Å². The molecule has 3 rings (SSSR count). The summed E-state index contributed by atoms with van der Waals surface area (Å²) >= 11 is 0. The van der Waals surface area contributed by atoms with Gasteiger partial charge in [-0.3, -0.25) is 9.20 Å². The lowest BCUT2D eigenvalue weighted by Gasteiger charge is -2.58. The SMILES string of the molecule is CCOC1CC(NC(=O)Cn2nc3ccccn3c2=O)(C(=O)O)C1(C)C. The normalized spacial score (nSPS) is 24.2. The molecule has 1 amide bonds. The number of hydrogen-bond acceptors (Lipinski definition) is 5. The molecule has 0 saturated heterocycles. The first-order chi connectivity index (χ1) is 12.2. The molecule has 1 aliphatic rings. The molecule has 2 aromatic heterocycles. The van der Waals surface area contributed by atoms with E-state index in [0.717, 1.165) is 4.68 Å². The van der Waals surface area contributed by atoms with Gasteiger partial charge in [-0.15, -0.1) is 5.10 Å². The van der Waals surface area contributed by atoms with Crippen molar-refractivity contribution in [2.75, 3.05) is 6.61 Å². The van der Waals surface area contributed by atoms with Crippen molar-refractivity contribution in [3.05, 3.63) is 34.9 Å². The van der Waals surface area contributed by atoms with Crippen LogP contribution in [-0.4, -0.2) is 49.4 Å². The zero-order valence-corrected chi connectivity index (χ0v) is 14.9. The zero-order chi connectivity index (χ0) is 19.1. The maximum absolute atomic E-state index is 12.5. The predicted octanol–water partition coefficient (Wildman–Crippen LogP) is 0.271. The third kappa shape index (κ3) is 2.59. The summed E-state index contributed by atoms with van der Waals surface area (Å²) in [4.78, 5) is 36.6. The number of aromatic nitrogens is 3. The van der Waals surface area contributed by atoms with Gasteiger partial charge >= 0.3 is 11.7 Å². The summed E-state index contributed by atoms with van der Waals surface area (Å²) in [5.74, 6) is -1.70. The van der Waals surface area contributed by atoms with E-state index in [1.54, 1.807) is 38.2 Å². The topological polar surface area (TPSA) is 115 Å². The Morgan fingerprint density at radius 2 is 2.15 bits per heavy atom. The van der Waals surface area contributed by atoms with Crippen LogP contribution >= 0.6 is 0 Å². The van der Waals surface area contributed by atoms with Gasteiger partial charge in [-0.05, 0) is 19.1 Å². The molecule has 1 aliphatic carbocycles. The first-order valence-electron chi connectivity index (χ1n) is 8.43. The first kappa shape index (κ1) is 18.1. The monoisotopic (exact) mass is 362 g/mol. The van der Waals surface area contributed by atoms with Crippen molar-refractivity contribution >= 4 is 17.5 Å². The summed E-state index contributed by atoms with van der Waals surface area (Å²) in [5.41, 5.74) is -2.26. The number of amides is 1. The number of rotatable bonds is 6. The van der Waals surface area contributed by atoms with Crippen molar-refractivity contribution < 1.29 is 19.4 Å². The van der Waals surface area contributed by atoms with Gasteiger partial charge in [0.1, 0.15) is 12.1 Å². The lowest BCUT2D eigenvalue weighted by molar-refractivity contribution is -0.194. The Bertz CT molecular complexity index is 915. The molecule has 2 N–H and O–H groups in total. The molecule has 0 spiro atoms. The number of nitrogens with zero attached hydrogens (tertiary/aromatic N) is 3. The summed E-state index contributed by atoms with van der Waals surface area (Å²) in [7, 11) is 0. The highest BCUT2D eigenvalue weighted by atomic mass is 16.5. The predicted molar refractivity (Wildman–Crippen MR) is 91.8 cm³/mol. The number of carbonyl (C=O) groups excluding carboxylic acids is 1. The third-order valence-electron chi connectivity index (χ3n) is 5.26. The highest BCUT2D eigenvalue weighted by molar-refractivity contribution is 5.89. The van der Waals surface area contributed by atoms with Crippen LogP contribution in [0.5, 0.6) is 0 Å². The van der Waals surface area contributed by atoms with E-state index in [4.69, 9.17) is 4.74 Å². The van der Waals surface area contributed by atoms with Crippen LogP contribution in [0.2, 0.25) is 0 Å². The Kier molecular flexibility index (Phi) is 4.35. The number of hydrogen-bond donors (Lipinski definition) is 2. The van der Waals surface area contributed by atoms with Gasteiger partial charge in [0.05, 0.1) is 6.10 Å². The standard InChI is InChI=1S/C17H22N4O5/c1-4-26-11-9-17(14(23)24,16(11,2)3)18-13(22)10-21-15(25)20-8-6-5-7-12(20)19-21/h5-8,11H,4,9-10H2,1-3H3,(H,18,22)(H,23,24). The molecule has 1 fully saturated rings. The van der Waals surface area contributed by atoms with Crippen molar-refractivity contribution in [3.8, 4) is 0 Å². The Hall–Kier alpha value is -2.68. The minimum absolute atomic E-state index is 0.176. The first-order valence-corrected chi connectivity index (χ1v) is 8.43. The number of fused-ring (bicyclic) bond motifs is 1. The zero-order valence-electron chi connectivity index (χ0n) is 14.9. The third-order valence-corrected chi connectivity index (χ3v) is 5.26. The van der Waals surface area contributed by atoms with Crippen LogP contribution in [0.1, 0.15) is 27.2 Å². The van der Waals surface area contributed by atoms with Gasteiger partial charge in [-0.25, -0.2) is 14.3 Å². The number of nitrogens with one attached hydrogen (secondary N) is 1. The molecular formula is C17H22N4O5. The Labute approximate surface area is 149 Å². The Morgan fingerprint density at radius 1 is 1.42 bits per heavy atom. The molecule has 26 heavy (non-hydrogen) atoms. The minimum Gasteiger partial charge on any atom is -0.479 e. The molecule has 1 saturated carbocycles. The molecule has 9 heteroatoms. The van der Waals surface area contributed by atoms with E-state index in [2.05, 4.69) is 10.4 Å². The fourth-order valence-corrected chi connectivity index (χ4v) is 3.52. The molecule has 0 radical (unpaired) electrons. The fraction of sp³-hybridized carbons (Fsp3) is 0.529. The molecule has 2 heterocycles. The van der Waals surface area contributed by atoms with Crippen molar-refractivity contribution in [3.63, 3.8) is 0 Å². The van der Waals surface area contributed by atoms with Gasteiger partial charge < -0.3 is 15.2 Å². The minimum atomic E-state index is -1.44. The van der Waals surface area contributed by atoms with E-state index >= 15 is 0 Å². The second-order valence-corrected chi connectivity index (χ2v) is 7.00. The highest BCUT2D eigenvalue weighted by Gasteiger charge is 2.66. The van der Waals surface area contributed by atoms with Crippen LogP contribution in [0, 0.1) is 5.41 Å². The lowest BCUT2D eigenvalue weighted by atomic mass is 9.54. The number of carbonyl (C=O) groups is 2. The number of ether oxygens (including phenoxy) is 1. The van der Waals surface area contributed by atoms with Gasteiger partial charge in [0.25, 0.3) is 0 Å². The average Bonchev–Trinajstić information content (AvgIpc) is 2.89. The van der Waals surface area contributed by atoms with Crippen LogP contribution < -0.4 is 11.0 Å². The van der Waals surface area contributed by atoms with Crippen LogP contribution in [0.15, 0.2) is 29.2 Å². The number of carboxylic acid groups (broad SMARTS) is 1. The van der Waals surface area contributed by atoms with Gasteiger partial charge in [-0.2, -0.15) is 0 Å². The smallest absolute Gasteiger partial charge is 0.350 e. The van der Waals surface area contributed by atoms with Crippen molar-refractivity contribution in [2.45, 2.75) is 45.4 Å². The second-order valence-electron chi connectivity index (χ2n) is 7.00. The van der Waals surface area contributed by atoms with E-state index in [0.29, 0.717) is 12.3 Å². The molecule has 0 aromatic carbocycles. The second kappa shape index (κ2) is 6.24. The van der Waals surface area contributed by atoms with Gasteiger partial charge in [0.15, 0.2) is 5.65 Å². The van der Waals surface area contributed by atoms with E-state index in [1.165, 1.54) is 4.40 Å². The number of pyridine rings is 1. The molecular weight excluding hydrogens is 340 g/mol. The van der Waals surface area contributed by atoms with Gasteiger partial charge in [0.2, 0.25) is 5.91 Å². The Balaban J connectivity index is 1.80. The van der Waals surface area contributed by atoms with E-state index < -0.39 is 28.5 Å². The van der Waals surface area contributed by atoms with Crippen LogP contribution in [0.25, 0.3) is 5.65 Å². The molecule has 9 nitrogen and oxygen atoms in total. The van der Waals surface area contributed by atoms with Gasteiger partial charge in [0, 0.05) is 24.6 Å². The molecule has 0 aliphatic heterocycles. The molecule has 0 bridgehead atoms. The molecule has 2 atom stereocenters. The van der Waals surface area contributed by atoms with Crippen LogP contribution in [0.3, 0.4) is 0 Å². The van der Waals surface area contributed by atoms with E-state index in [9.17, 15) is 19.5 Å². The quantitative estimate of drug-likeness (QED) is 0.762. The highest BCUT2D eigenvalue weighted by Crippen LogP contribution is 2.51. The van der Waals surface area contributed by atoms with E-state index in [-0.39, 0.29) is 19.1 Å². The average molecular weight is 362 g/mol. The van der Waals surface area contributed by atoms with Crippen molar-refractivity contribution in [2.24, 2.45) is 5.41 Å². The van der Waals surface area contributed by atoms with Gasteiger partial charge in [-0.1, -0.05) is 19.9 Å². The summed E-state index contributed by atoms with van der Waals surface area (Å²) in [5, 5.41) is 16.4. The summed E-state index contributed by atoms with van der Waals surface area (Å²) in [6.45, 7) is 5.45. The molecule has 140 valence electrons. The fourth-order valence-electron chi connectivity index (χ4n) is 3.52. The number of aliphatic carboxylic acids is 1. The summed E-state index contributed by atoms with van der Waals surface area (Å²) in [6, 6.07) is 5.07. The largest absolute Gasteiger partial charge is 0.479 e. The van der Waals surface area contributed by atoms with Crippen LogP contribution in [0.4, 0.5) is 0 Å². The van der Waals surface area contributed by atoms with E-state index in [1.807, 2.05) is 6.92 Å².